The van der Waals surface area contributed by atoms with Gasteiger partial charge in [0.05, 0.1) is 12.1 Å². The van der Waals surface area contributed by atoms with Gasteiger partial charge in [0, 0.05) is 10.6 Å². The first-order valence-electron chi connectivity index (χ1n) is 7.89. The maximum Gasteiger partial charge on any atom is 0.416 e. The van der Waals surface area contributed by atoms with E-state index in [4.69, 9.17) is 22.8 Å². The van der Waals surface area contributed by atoms with E-state index in [-0.39, 0.29) is 5.75 Å². The zero-order valence-electron chi connectivity index (χ0n) is 14.2. The Hall–Kier alpha value is -3.02. The highest BCUT2D eigenvalue weighted by atomic mass is 35.5. The summed E-state index contributed by atoms with van der Waals surface area (Å²) in [5.41, 5.74) is -3.85. The highest BCUT2D eigenvalue weighted by molar-refractivity contribution is 6.30. The molecule has 1 aromatic heterocycles. The molecule has 0 saturated carbocycles. The number of aromatic nitrogens is 3. The van der Waals surface area contributed by atoms with Crippen LogP contribution in [0.4, 0.5) is 13.2 Å². The van der Waals surface area contributed by atoms with Gasteiger partial charge in [0.1, 0.15) is 24.2 Å². The predicted molar refractivity (Wildman–Crippen MR) is 95.7 cm³/mol. The number of alkyl halides is 3. The number of aliphatic hydroxyl groups is 1. The third-order valence-corrected chi connectivity index (χ3v) is 4.14. The first kappa shape index (κ1) is 19.7. The first-order chi connectivity index (χ1) is 13.2. The van der Waals surface area contributed by atoms with Crippen LogP contribution >= 0.6 is 11.6 Å². The average molecular weight is 408 g/mol. The smallest absolute Gasteiger partial charge is 0.416 e. The van der Waals surface area contributed by atoms with Crippen LogP contribution in [0.15, 0.2) is 55.1 Å². The molecule has 1 atom stereocenters. The van der Waals surface area contributed by atoms with Gasteiger partial charge in [-0.3, -0.25) is 0 Å². The van der Waals surface area contributed by atoms with Gasteiger partial charge in [0.15, 0.2) is 5.60 Å². The van der Waals surface area contributed by atoms with Crippen LogP contribution in [0, 0.1) is 12.3 Å². The summed E-state index contributed by atoms with van der Waals surface area (Å²) < 4.78 is 47.6. The Morgan fingerprint density at radius 1 is 1.11 bits per heavy atom. The van der Waals surface area contributed by atoms with E-state index in [0.29, 0.717) is 10.8 Å². The largest absolute Gasteiger partial charge is 0.457 e. The van der Waals surface area contributed by atoms with Gasteiger partial charge in [-0.1, -0.05) is 23.6 Å². The summed E-state index contributed by atoms with van der Waals surface area (Å²) in [6.07, 6.45) is 3.02. The van der Waals surface area contributed by atoms with E-state index < -0.39 is 29.4 Å². The summed E-state index contributed by atoms with van der Waals surface area (Å²) in [7, 11) is 0. The second-order valence-corrected chi connectivity index (χ2v) is 6.30. The topological polar surface area (TPSA) is 60.2 Å². The molecule has 0 radical (unpaired) electrons. The number of hydrogen-bond donors (Lipinski definition) is 1. The maximum absolute atomic E-state index is 13.7. The van der Waals surface area contributed by atoms with Crippen LogP contribution in [0.2, 0.25) is 5.02 Å². The average Bonchev–Trinajstić information content (AvgIpc) is 3.15. The number of hydrogen-bond acceptors (Lipinski definition) is 4. The fraction of sp³-hybridized carbons (Fsp3) is 0.158. The molecule has 0 bridgehead atoms. The first-order valence-corrected chi connectivity index (χ1v) is 8.27. The molecule has 0 aliphatic heterocycles. The number of terminal acetylenes is 1. The minimum absolute atomic E-state index is 0.0708. The van der Waals surface area contributed by atoms with Crippen molar-refractivity contribution in [1.82, 2.24) is 14.8 Å². The van der Waals surface area contributed by atoms with Crippen molar-refractivity contribution < 1.29 is 23.0 Å². The Kier molecular flexibility index (Phi) is 5.31. The zero-order chi connectivity index (χ0) is 20.4. The van der Waals surface area contributed by atoms with E-state index in [1.807, 2.05) is 5.92 Å². The molecule has 0 amide bonds. The van der Waals surface area contributed by atoms with Gasteiger partial charge >= 0.3 is 6.18 Å². The van der Waals surface area contributed by atoms with Gasteiger partial charge in [-0.15, -0.1) is 6.42 Å². The van der Waals surface area contributed by atoms with Crippen LogP contribution in [-0.4, -0.2) is 19.9 Å². The quantitative estimate of drug-likeness (QED) is 0.642. The molecule has 0 aliphatic carbocycles. The van der Waals surface area contributed by atoms with Crippen molar-refractivity contribution in [2.75, 3.05) is 0 Å². The van der Waals surface area contributed by atoms with Crippen molar-refractivity contribution in [3.05, 3.63) is 71.3 Å². The van der Waals surface area contributed by atoms with E-state index in [1.54, 1.807) is 12.1 Å². The molecular weight excluding hydrogens is 395 g/mol. The van der Waals surface area contributed by atoms with Crippen molar-refractivity contribution in [2.24, 2.45) is 0 Å². The van der Waals surface area contributed by atoms with Crippen molar-refractivity contribution in [1.29, 1.82) is 0 Å². The number of nitrogens with zero attached hydrogens (tertiary/aromatic N) is 3. The van der Waals surface area contributed by atoms with Gasteiger partial charge in [0.2, 0.25) is 0 Å². The highest BCUT2D eigenvalue weighted by Gasteiger charge is 2.41. The second kappa shape index (κ2) is 7.54. The Morgan fingerprint density at radius 2 is 1.79 bits per heavy atom. The SMILES string of the molecule is C#C[C@](O)(Cn1cncn1)c1ccc(Oc2ccc(Cl)cc2)cc1C(F)(F)F. The van der Waals surface area contributed by atoms with Crippen molar-refractivity contribution >= 4 is 11.6 Å². The summed E-state index contributed by atoms with van der Waals surface area (Å²) in [6.45, 7) is -0.399. The molecule has 9 heteroatoms. The minimum atomic E-state index is -4.78. The van der Waals surface area contributed by atoms with Gasteiger partial charge in [-0.25, -0.2) is 9.67 Å². The molecule has 0 fully saturated rings. The molecular formula is C19H13ClF3N3O2. The van der Waals surface area contributed by atoms with Crippen LogP contribution in [0.25, 0.3) is 0 Å². The molecule has 5 nitrogen and oxygen atoms in total. The lowest BCUT2D eigenvalue weighted by Crippen LogP contribution is -2.32. The van der Waals surface area contributed by atoms with Crippen molar-refractivity contribution in [3.63, 3.8) is 0 Å². The van der Waals surface area contributed by atoms with Crippen LogP contribution in [-0.2, 0) is 18.3 Å². The number of rotatable bonds is 5. The summed E-state index contributed by atoms with van der Waals surface area (Å²) in [4.78, 5) is 3.69. The Bertz CT molecular complexity index is 999. The molecule has 3 aromatic rings. The van der Waals surface area contributed by atoms with Crippen LogP contribution < -0.4 is 4.74 Å². The van der Waals surface area contributed by atoms with Gasteiger partial charge in [-0.05, 0) is 36.4 Å². The second-order valence-electron chi connectivity index (χ2n) is 5.86. The summed E-state index contributed by atoms with van der Waals surface area (Å²) in [6, 6.07) is 9.30. The molecule has 3 rings (SSSR count). The monoisotopic (exact) mass is 407 g/mol. The predicted octanol–water partition coefficient (Wildman–Crippen LogP) is 4.26. The highest BCUT2D eigenvalue weighted by Crippen LogP contribution is 2.40. The van der Waals surface area contributed by atoms with E-state index >= 15 is 0 Å². The van der Waals surface area contributed by atoms with Gasteiger partial charge in [-0.2, -0.15) is 18.3 Å². The minimum Gasteiger partial charge on any atom is -0.457 e. The van der Waals surface area contributed by atoms with E-state index in [1.165, 1.54) is 30.9 Å². The summed E-state index contributed by atoms with van der Waals surface area (Å²) in [5.74, 6) is 2.27. The normalized spacial score (nSPS) is 13.6. The fourth-order valence-electron chi connectivity index (χ4n) is 2.58. The standard InChI is InChI=1S/C19H13ClF3N3O2/c1-2-18(27,10-26-12-24-11-25-26)16-8-7-15(9-17(16)19(21,22)23)28-14-5-3-13(20)4-6-14/h1,3-9,11-12,27H,10H2/t18-/m0/s1. The molecule has 0 unspecified atom stereocenters. The Labute approximate surface area is 163 Å². The molecule has 2 aromatic carbocycles. The van der Waals surface area contributed by atoms with E-state index in [2.05, 4.69) is 10.1 Å². The molecule has 144 valence electrons. The summed E-state index contributed by atoms with van der Waals surface area (Å²) >= 11 is 5.78. The van der Waals surface area contributed by atoms with Crippen LogP contribution in [0.1, 0.15) is 11.1 Å². The molecule has 1 heterocycles. The molecule has 0 aliphatic rings. The molecule has 0 saturated heterocycles. The molecule has 28 heavy (non-hydrogen) atoms. The zero-order valence-corrected chi connectivity index (χ0v) is 14.9. The Morgan fingerprint density at radius 3 is 2.36 bits per heavy atom. The lowest BCUT2D eigenvalue weighted by Gasteiger charge is -2.26. The lowest BCUT2D eigenvalue weighted by molar-refractivity contribution is -0.140. The van der Waals surface area contributed by atoms with Crippen LogP contribution in [0.3, 0.4) is 0 Å². The third-order valence-electron chi connectivity index (χ3n) is 3.89. The summed E-state index contributed by atoms with van der Waals surface area (Å²) in [5, 5.41) is 15.0. The lowest BCUT2D eigenvalue weighted by atomic mass is 9.89. The third kappa shape index (κ3) is 4.27. The van der Waals surface area contributed by atoms with Gasteiger partial charge < -0.3 is 9.84 Å². The van der Waals surface area contributed by atoms with E-state index in [0.717, 1.165) is 16.8 Å². The van der Waals surface area contributed by atoms with Crippen molar-refractivity contribution in [3.8, 4) is 23.8 Å². The molecule has 0 spiro atoms. The molecule has 1 N–H and O–H groups in total. The number of ether oxygens (including phenoxy) is 1. The number of halogens is 4. The van der Waals surface area contributed by atoms with Crippen molar-refractivity contribution in [2.45, 2.75) is 18.3 Å². The van der Waals surface area contributed by atoms with Crippen LogP contribution in [0.5, 0.6) is 11.5 Å². The Balaban J connectivity index is 2.01. The maximum atomic E-state index is 13.7. The fourth-order valence-corrected chi connectivity index (χ4v) is 2.70. The van der Waals surface area contributed by atoms with Gasteiger partial charge in [0.25, 0.3) is 0 Å². The number of benzene rings is 2. The van der Waals surface area contributed by atoms with E-state index in [9.17, 15) is 18.3 Å².